The maximum absolute atomic E-state index is 11.8. The van der Waals surface area contributed by atoms with Gasteiger partial charge in [-0.1, -0.05) is 20.8 Å². The molecule has 1 aromatic heterocycles. The van der Waals surface area contributed by atoms with Crippen LogP contribution in [0.2, 0.25) is 0 Å². The van der Waals surface area contributed by atoms with E-state index in [0.717, 1.165) is 30.5 Å². The fourth-order valence-electron chi connectivity index (χ4n) is 5.10. The lowest BCUT2D eigenvalue weighted by atomic mass is 9.70. The summed E-state index contributed by atoms with van der Waals surface area (Å²) in [5, 5.41) is 12.7. The van der Waals surface area contributed by atoms with Crippen molar-refractivity contribution in [1.29, 1.82) is 0 Å². The van der Waals surface area contributed by atoms with Gasteiger partial charge in [0, 0.05) is 18.0 Å². The Morgan fingerprint density at radius 3 is 2.44 bits per heavy atom. The normalized spacial score (nSPS) is 20.9. The molecule has 3 aromatic rings. The maximum Gasteiger partial charge on any atom is 0.335 e. The van der Waals surface area contributed by atoms with Crippen LogP contribution < -0.4 is 5.32 Å². The van der Waals surface area contributed by atoms with Gasteiger partial charge in [-0.3, -0.25) is 0 Å². The first-order chi connectivity index (χ1) is 14.9. The molecule has 0 spiro atoms. The second-order valence-electron chi connectivity index (χ2n) is 9.80. The highest BCUT2D eigenvalue weighted by molar-refractivity contribution is 7.90. The van der Waals surface area contributed by atoms with Crippen molar-refractivity contribution in [2.45, 2.75) is 51.0 Å². The van der Waals surface area contributed by atoms with Gasteiger partial charge in [-0.05, 0) is 73.1 Å². The number of rotatable bonds is 5. The Bertz CT molecular complexity index is 1280. The average Bonchev–Trinajstić information content (AvgIpc) is 3.03. The molecule has 2 aromatic carbocycles. The van der Waals surface area contributed by atoms with Crippen LogP contribution in [0.1, 0.15) is 56.4 Å². The number of sulfone groups is 1. The fraction of sp³-hybridized carbons (Fsp3) is 0.417. The van der Waals surface area contributed by atoms with Crippen molar-refractivity contribution < 1.29 is 18.3 Å². The van der Waals surface area contributed by atoms with E-state index in [1.807, 2.05) is 6.07 Å². The molecule has 1 fully saturated rings. The quantitative estimate of drug-likeness (QED) is 0.543. The smallest absolute Gasteiger partial charge is 0.335 e. The summed E-state index contributed by atoms with van der Waals surface area (Å²) >= 11 is 0. The van der Waals surface area contributed by atoms with Crippen LogP contribution in [0, 0.1) is 11.3 Å². The molecule has 32 heavy (non-hydrogen) atoms. The molecule has 1 aliphatic rings. The van der Waals surface area contributed by atoms with Crippen LogP contribution in [0.4, 0.5) is 11.6 Å². The summed E-state index contributed by atoms with van der Waals surface area (Å²) in [6.07, 6.45) is 4.35. The van der Waals surface area contributed by atoms with Gasteiger partial charge in [0.05, 0.1) is 21.5 Å². The van der Waals surface area contributed by atoms with E-state index in [0.29, 0.717) is 17.4 Å². The van der Waals surface area contributed by atoms with Crippen molar-refractivity contribution in [3.63, 3.8) is 0 Å². The monoisotopic (exact) mass is 455 g/mol. The molecule has 2 atom stereocenters. The van der Waals surface area contributed by atoms with E-state index < -0.39 is 15.8 Å². The first-order valence-corrected chi connectivity index (χ1v) is 12.6. The van der Waals surface area contributed by atoms with Crippen LogP contribution >= 0.6 is 0 Å². The maximum atomic E-state index is 11.8. The van der Waals surface area contributed by atoms with Gasteiger partial charge in [-0.15, -0.1) is 0 Å². The molecule has 1 unspecified atom stereocenters. The van der Waals surface area contributed by atoms with Gasteiger partial charge >= 0.3 is 5.97 Å². The van der Waals surface area contributed by atoms with Crippen LogP contribution in [0.25, 0.3) is 11.0 Å². The molecule has 7 nitrogen and oxygen atoms in total. The van der Waals surface area contributed by atoms with Gasteiger partial charge in [0.1, 0.15) is 0 Å². The summed E-state index contributed by atoms with van der Waals surface area (Å²) in [6.45, 7) is 6.84. The van der Waals surface area contributed by atoms with Crippen molar-refractivity contribution in [3.8, 4) is 0 Å². The fourth-order valence-corrected chi connectivity index (χ4v) is 5.73. The van der Waals surface area contributed by atoms with Crippen molar-refractivity contribution in [2.24, 2.45) is 11.3 Å². The van der Waals surface area contributed by atoms with E-state index in [1.165, 1.54) is 6.26 Å². The Balaban J connectivity index is 1.79. The van der Waals surface area contributed by atoms with Gasteiger partial charge in [0.25, 0.3) is 0 Å². The summed E-state index contributed by atoms with van der Waals surface area (Å²) in [6, 6.07) is 11.8. The largest absolute Gasteiger partial charge is 0.478 e. The zero-order valence-corrected chi connectivity index (χ0v) is 19.6. The minimum Gasteiger partial charge on any atom is -0.478 e. The lowest BCUT2D eigenvalue weighted by Crippen LogP contribution is -2.29. The zero-order chi connectivity index (χ0) is 23.3. The van der Waals surface area contributed by atoms with E-state index >= 15 is 0 Å². The van der Waals surface area contributed by atoms with Crippen molar-refractivity contribution in [2.75, 3.05) is 11.6 Å². The molecule has 1 heterocycles. The highest BCUT2D eigenvalue weighted by Crippen LogP contribution is 2.46. The zero-order valence-electron chi connectivity index (χ0n) is 18.8. The van der Waals surface area contributed by atoms with E-state index in [9.17, 15) is 18.3 Å². The number of fused-ring (bicyclic) bond motifs is 1. The van der Waals surface area contributed by atoms with Gasteiger partial charge in [-0.2, -0.15) is 0 Å². The molecular formula is C24H29N3O4S. The molecule has 0 aliphatic heterocycles. The Morgan fingerprint density at radius 1 is 1.16 bits per heavy atom. The number of benzene rings is 2. The molecule has 1 saturated carbocycles. The summed E-state index contributed by atoms with van der Waals surface area (Å²) in [4.78, 5) is 16.5. The minimum absolute atomic E-state index is 0.189. The summed E-state index contributed by atoms with van der Waals surface area (Å²) in [5.74, 6) is 0.200. The van der Waals surface area contributed by atoms with Gasteiger partial charge in [0.15, 0.2) is 9.84 Å². The van der Waals surface area contributed by atoms with Crippen LogP contribution in [-0.4, -0.2) is 35.3 Å². The molecule has 4 rings (SSSR count). The van der Waals surface area contributed by atoms with Gasteiger partial charge in [0.2, 0.25) is 5.95 Å². The van der Waals surface area contributed by atoms with Gasteiger partial charge in [-0.25, -0.2) is 18.2 Å². The Hall–Kier alpha value is -2.87. The van der Waals surface area contributed by atoms with Crippen molar-refractivity contribution in [1.82, 2.24) is 9.55 Å². The standard InChI is InChI=1S/C24H29N3O4S/c1-15-11-18(14-24(2,3)13-15)27-21-10-5-16(22(28)29)12-20(21)26-23(27)25-17-6-8-19(9-7-17)32(4,30)31/h5-10,12,15,18H,11,13-14H2,1-4H3,(H,25,26)(H,28,29)/t15?,18-/m0/s1. The Labute approximate surface area is 188 Å². The van der Waals surface area contributed by atoms with E-state index in [4.69, 9.17) is 4.98 Å². The third-order valence-corrected chi connectivity index (χ3v) is 7.33. The summed E-state index contributed by atoms with van der Waals surface area (Å²) < 4.78 is 25.7. The van der Waals surface area contributed by atoms with Crippen molar-refractivity contribution >= 4 is 38.5 Å². The predicted molar refractivity (Wildman–Crippen MR) is 125 cm³/mol. The molecule has 8 heteroatoms. The third-order valence-electron chi connectivity index (χ3n) is 6.20. The second kappa shape index (κ2) is 7.92. The number of carboxylic acid groups (broad SMARTS) is 1. The lowest BCUT2D eigenvalue weighted by molar-refractivity contribution is 0.0697. The third kappa shape index (κ3) is 4.50. The number of nitrogens with one attached hydrogen (secondary N) is 1. The molecule has 0 radical (unpaired) electrons. The topological polar surface area (TPSA) is 101 Å². The van der Waals surface area contributed by atoms with Crippen molar-refractivity contribution in [3.05, 3.63) is 48.0 Å². The van der Waals surface area contributed by atoms with Crippen LogP contribution in [0.15, 0.2) is 47.4 Å². The number of nitrogens with zero attached hydrogens (tertiary/aromatic N) is 2. The van der Waals surface area contributed by atoms with Gasteiger partial charge < -0.3 is 15.0 Å². The number of anilines is 2. The first-order valence-electron chi connectivity index (χ1n) is 10.8. The number of imidazole rings is 1. The number of carbonyl (C=O) groups is 1. The summed E-state index contributed by atoms with van der Waals surface area (Å²) in [7, 11) is -3.27. The number of aromatic carboxylic acids is 1. The summed E-state index contributed by atoms with van der Waals surface area (Å²) in [5.41, 5.74) is 2.62. The second-order valence-corrected chi connectivity index (χ2v) is 11.8. The molecule has 0 saturated heterocycles. The first kappa shape index (κ1) is 22.3. The highest BCUT2D eigenvalue weighted by Gasteiger charge is 2.34. The molecule has 0 bridgehead atoms. The Morgan fingerprint density at radius 2 is 1.84 bits per heavy atom. The number of aromatic nitrogens is 2. The number of hydrogen-bond acceptors (Lipinski definition) is 5. The number of hydrogen-bond donors (Lipinski definition) is 2. The predicted octanol–water partition coefficient (Wildman–Crippen LogP) is 5.27. The van der Waals surface area contributed by atoms with Crippen LogP contribution in [-0.2, 0) is 9.84 Å². The Kier molecular flexibility index (Phi) is 5.53. The average molecular weight is 456 g/mol. The molecular weight excluding hydrogens is 426 g/mol. The number of carboxylic acids is 1. The van der Waals surface area contributed by atoms with Crippen LogP contribution in [0.3, 0.4) is 0 Å². The molecule has 1 aliphatic carbocycles. The van der Waals surface area contributed by atoms with E-state index in [2.05, 4.69) is 30.7 Å². The molecule has 2 N–H and O–H groups in total. The van der Waals surface area contributed by atoms with E-state index in [-0.39, 0.29) is 21.9 Å². The van der Waals surface area contributed by atoms with Crippen LogP contribution in [0.5, 0.6) is 0 Å². The highest BCUT2D eigenvalue weighted by atomic mass is 32.2. The lowest BCUT2D eigenvalue weighted by Gasteiger charge is -2.40. The molecule has 170 valence electrons. The van der Waals surface area contributed by atoms with E-state index in [1.54, 1.807) is 36.4 Å². The minimum atomic E-state index is -3.27. The SMILES string of the molecule is CC1C[C@H](n2c(Nc3ccc(S(C)(=O)=O)cc3)nc3cc(C(=O)O)ccc32)CC(C)(C)C1. The molecule has 0 amide bonds.